The SMILES string of the molecule is CC(=O)S[C@H]1C[C@@]2(C)C(CC(O)C3[C@@]4(C)CC[C@@H](O)[C@@H](C)C4CC[C@@]32C)[C@H]1[C@@H](CC=C(C)C)C(=O)O. The molecule has 0 bridgehead atoms. The number of carbonyl (C=O) groups excluding carboxylic acids is 1. The first-order valence-electron chi connectivity index (χ1n) is 14.1. The maximum absolute atomic E-state index is 12.6. The number of thioether (sulfide) groups is 1. The van der Waals surface area contributed by atoms with E-state index >= 15 is 0 Å². The highest BCUT2D eigenvalue weighted by Gasteiger charge is 2.71. The lowest BCUT2D eigenvalue weighted by Gasteiger charge is -2.69. The third kappa shape index (κ3) is 4.22. The van der Waals surface area contributed by atoms with E-state index in [4.69, 9.17) is 0 Å². The van der Waals surface area contributed by atoms with Gasteiger partial charge in [-0.15, -0.1) is 0 Å². The third-order valence-electron chi connectivity index (χ3n) is 11.8. The molecule has 0 saturated heterocycles. The van der Waals surface area contributed by atoms with E-state index in [0.717, 1.165) is 37.7 Å². The van der Waals surface area contributed by atoms with Gasteiger partial charge in [-0.1, -0.05) is 51.1 Å². The van der Waals surface area contributed by atoms with Gasteiger partial charge in [-0.2, -0.15) is 0 Å². The molecule has 0 aliphatic heterocycles. The fourth-order valence-corrected chi connectivity index (χ4v) is 11.5. The molecule has 3 N–H and O–H groups in total. The second-order valence-electron chi connectivity index (χ2n) is 13.7. The van der Waals surface area contributed by atoms with Gasteiger partial charge in [-0.25, -0.2) is 0 Å². The van der Waals surface area contributed by atoms with Crippen LogP contribution in [0.5, 0.6) is 0 Å². The zero-order valence-electron chi connectivity index (χ0n) is 23.3. The van der Waals surface area contributed by atoms with Crippen LogP contribution in [-0.4, -0.2) is 43.9 Å². The van der Waals surface area contributed by atoms with Crippen molar-refractivity contribution in [2.24, 2.45) is 51.8 Å². The Kier molecular flexibility index (Phi) is 7.60. The summed E-state index contributed by atoms with van der Waals surface area (Å²) in [6.45, 7) is 14.9. The van der Waals surface area contributed by atoms with Crippen molar-refractivity contribution in [1.29, 1.82) is 0 Å². The highest BCUT2D eigenvalue weighted by atomic mass is 32.2. The molecule has 0 amide bonds. The minimum absolute atomic E-state index is 0.0470. The van der Waals surface area contributed by atoms with Crippen LogP contribution >= 0.6 is 11.8 Å². The molecule has 4 aliphatic rings. The molecule has 0 aromatic heterocycles. The Balaban J connectivity index is 1.78. The van der Waals surface area contributed by atoms with Crippen LogP contribution in [0.15, 0.2) is 11.6 Å². The number of hydrogen-bond acceptors (Lipinski definition) is 5. The Hall–Kier alpha value is -0.850. The van der Waals surface area contributed by atoms with Gasteiger partial charge >= 0.3 is 5.97 Å². The Morgan fingerprint density at radius 2 is 1.67 bits per heavy atom. The number of carboxylic acid groups (broad SMARTS) is 1. The van der Waals surface area contributed by atoms with Crippen LogP contribution < -0.4 is 0 Å². The van der Waals surface area contributed by atoms with Crippen molar-refractivity contribution in [2.75, 3.05) is 0 Å². The number of aliphatic hydroxyl groups is 2. The molecule has 0 heterocycles. The summed E-state index contributed by atoms with van der Waals surface area (Å²) in [7, 11) is 0. The molecule has 5 nitrogen and oxygen atoms in total. The Bertz CT molecular complexity index is 913. The van der Waals surface area contributed by atoms with Crippen LogP contribution in [-0.2, 0) is 9.59 Å². The number of aliphatic hydroxyl groups excluding tert-OH is 2. The van der Waals surface area contributed by atoms with E-state index in [1.807, 2.05) is 19.9 Å². The van der Waals surface area contributed by atoms with Gasteiger partial charge in [0.25, 0.3) is 0 Å². The van der Waals surface area contributed by atoms with Gasteiger partial charge < -0.3 is 15.3 Å². The summed E-state index contributed by atoms with van der Waals surface area (Å²) < 4.78 is 0. The van der Waals surface area contributed by atoms with E-state index in [1.54, 1.807) is 6.92 Å². The van der Waals surface area contributed by atoms with Crippen molar-refractivity contribution in [3.63, 3.8) is 0 Å². The number of aliphatic carboxylic acids is 1. The van der Waals surface area contributed by atoms with Gasteiger partial charge in [-0.3, -0.25) is 9.59 Å². The highest BCUT2D eigenvalue weighted by molar-refractivity contribution is 8.14. The fraction of sp³-hybridized carbons (Fsp3) is 0.867. The summed E-state index contributed by atoms with van der Waals surface area (Å²) in [5, 5.41) is 32.9. The van der Waals surface area contributed by atoms with Gasteiger partial charge in [0, 0.05) is 12.2 Å². The normalized spacial score (nSPS) is 48.8. The smallest absolute Gasteiger partial charge is 0.307 e. The van der Waals surface area contributed by atoms with Crippen molar-refractivity contribution in [1.82, 2.24) is 0 Å². The maximum Gasteiger partial charge on any atom is 0.307 e. The molecular formula is C30H48O5S. The van der Waals surface area contributed by atoms with E-state index in [2.05, 4.69) is 27.7 Å². The Labute approximate surface area is 221 Å². The first-order chi connectivity index (χ1) is 16.7. The lowest BCUT2D eigenvalue weighted by molar-refractivity contribution is -0.240. The van der Waals surface area contributed by atoms with Gasteiger partial charge in [0.05, 0.1) is 18.1 Å². The van der Waals surface area contributed by atoms with E-state index in [1.165, 1.54) is 11.8 Å². The predicted molar refractivity (Wildman–Crippen MR) is 144 cm³/mol. The van der Waals surface area contributed by atoms with Crippen LogP contribution in [0.1, 0.15) is 93.4 Å². The molecule has 4 fully saturated rings. The van der Waals surface area contributed by atoms with Gasteiger partial charge in [-0.05, 0) is 105 Å². The number of hydrogen-bond donors (Lipinski definition) is 3. The molecule has 0 aromatic rings. The van der Waals surface area contributed by atoms with Crippen LogP contribution in [0.3, 0.4) is 0 Å². The van der Waals surface area contributed by atoms with Crippen molar-refractivity contribution in [3.05, 3.63) is 11.6 Å². The van der Waals surface area contributed by atoms with Crippen molar-refractivity contribution in [2.45, 2.75) is 111 Å². The third-order valence-corrected chi connectivity index (χ3v) is 13.0. The molecule has 6 heteroatoms. The monoisotopic (exact) mass is 520 g/mol. The number of rotatable bonds is 5. The zero-order valence-corrected chi connectivity index (χ0v) is 24.1. The molecule has 204 valence electrons. The van der Waals surface area contributed by atoms with Crippen molar-refractivity contribution >= 4 is 22.8 Å². The largest absolute Gasteiger partial charge is 0.481 e. The molecule has 4 unspecified atom stereocenters. The van der Waals surface area contributed by atoms with Gasteiger partial charge in [0.2, 0.25) is 0 Å². The predicted octanol–water partition coefficient (Wildman–Crippen LogP) is 5.93. The fourth-order valence-electron chi connectivity index (χ4n) is 10.1. The number of fused-ring (bicyclic) bond motifs is 5. The minimum atomic E-state index is -0.788. The molecule has 4 aliphatic carbocycles. The van der Waals surface area contributed by atoms with E-state index in [9.17, 15) is 24.9 Å². The summed E-state index contributed by atoms with van der Waals surface area (Å²) in [6.07, 6.45) is 6.88. The summed E-state index contributed by atoms with van der Waals surface area (Å²) in [5.74, 6) is -0.716. The number of allylic oxidation sites excluding steroid dienone is 2. The van der Waals surface area contributed by atoms with Gasteiger partial charge in [0.1, 0.15) is 0 Å². The molecule has 4 saturated carbocycles. The van der Waals surface area contributed by atoms with Crippen LogP contribution in [0, 0.1) is 51.8 Å². The summed E-state index contributed by atoms with van der Waals surface area (Å²) >= 11 is 1.34. The molecular weight excluding hydrogens is 472 g/mol. The summed E-state index contributed by atoms with van der Waals surface area (Å²) in [6, 6.07) is 0. The highest BCUT2D eigenvalue weighted by Crippen LogP contribution is 2.75. The van der Waals surface area contributed by atoms with Crippen molar-refractivity contribution < 1.29 is 24.9 Å². The molecule has 4 rings (SSSR count). The molecule has 0 spiro atoms. The average molecular weight is 521 g/mol. The molecule has 0 radical (unpaired) electrons. The maximum atomic E-state index is 12.6. The van der Waals surface area contributed by atoms with Crippen molar-refractivity contribution in [3.8, 4) is 0 Å². The summed E-state index contributed by atoms with van der Waals surface area (Å²) in [5.41, 5.74) is 0.759. The second kappa shape index (κ2) is 9.72. The van der Waals surface area contributed by atoms with Crippen LogP contribution in [0.25, 0.3) is 0 Å². The standard InChI is InChI=1S/C30H48O5S/c1-16(2)8-9-19(27(34)35)25-21-14-23(33)26-28(5)12-11-22(32)17(3)20(28)10-13-29(26,6)30(21,7)15-24(25)36-18(4)31/h8,17,19-26,32-33H,9-15H2,1-7H3,(H,34,35)/t17-,19+,20?,21?,22+,23?,24-,25+,26?,28-,29-,30-/m0/s1. The second-order valence-corrected chi connectivity index (χ2v) is 15.1. The minimum Gasteiger partial charge on any atom is -0.481 e. The van der Waals surface area contributed by atoms with Crippen LogP contribution in [0.4, 0.5) is 0 Å². The Morgan fingerprint density at radius 1 is 1.00 bits per heavy atom. The zero-order chi connectivity index (χ0) is 26.8. The number of carboxylic acids is 1. The lowest BCUT2D eigenvalue weighted by atomic mass is 9.36. The van der Waals surface area contributed by atoms with E-state index in [0.29, 0.717) is 18.8 Å². The molecule has 0 aromatic carbocycles. The first-order valence-corrected chi connectivity index (χ1v) is 14.9. The number of carbonyl (C=O) groups is 2. The van der Waals surface area contributed by atoms with Gasteiger partial charge in [0.15, 0.2) is 5.12 Å². The quantitative estimate of drug-likeness (QED) is 0.389. The van der Waals surface area contributed by atoms with E-state index < -0.39 is 18.0 Å². The topological polar surface area (TPSA) is 94.8 Å². The van der Waals surface area contributed by atoms with E-state index in [-0.39, 0.29) is 56.4 Å². The average Bonchev–Trinajstić information content (AvgIpc) is 3.03. The summed E-state index contributed by atoms with van der Waals surface area (Å²) in [4.78, 5) is 25.0. The van der Waals surface area contributed by atoms with Crippen LogP contribution in [0.2, 0.25) is 0 Å². The molecule has 36 heavy (non-hydrogen) atoms. The Morgan fingerprint density at radius 3 is 2.25 bits per heavy atom. The molecule has 12 atom stereocenters. The first kappa shape index (κ1) is 28.2. The lowest BCUT2D eigenvalue weighted by Crippen LogP contribution is -2.66.